The zero-order valence-corrected chi connectivity index (χ0v) is 4.80. The lowest BCUT2D eigenvalue weighted by molar-refractivity contribution is 0.150. The second-order valence-electron chi connectivity index (χ2n) is 2.84. The van der Waals surface area contributed by atoms with E-state index in [9.17, 15) is 5.11 Å². The molecule has 46 valence electrons. The van der Waals surface area contributed by atoms with Gasteiger partial charge >= 0.3 is 0 Å². The molecule has 0 radical (unpaired) electrons. The fourth-order valence-corrected chi connectivity index (χ4v) is 1.81. The van der Waals surface area contributed by atoms with Gasteiger partial charge in [0.25, 0.3) is 0 Å². The molecule has 3 atom stereocenters. The van der Waals surface area contributed by atoms with E-state index in [4.69, 9.17) is 0 Å². The highest BCUT2D eigenvalue weighted by molar-refractivity contribution is 4.96. The van der Waals surface area contributed by atoms with Crippen LogP contribution in [-0.4, -0.2) is 23.8 Å². The van der Waals surface area contributed by atoms with Crippen LogP contribution >= 0.6 is 0 Å². The molecule has 2 bridgehead atoms. The van der Waals surface area contributed by atoms with Gasteiger partial charge in [0.05, 0.1) is 6.10 Å². The zero-order chi connectivity index (χ0) is 5.56. The van der Waals surface area contributed by atoms with E-state index in [2.05, 4.69) is 5.32 Å². The molecule has 1 saturated heterocycles. The Morgan fingerprint density at radius 2 is 2.25 bits per heavy atom. The molecular weight excluding hydrogens is 102 g/mol. The zero-order valence-electron chi connectivity index (χ0n) is 4.80. The van der Waals surface area contributed by atoms with E-state index in [0.717, 1.165) is 6.54 Å². The molecular formula is C6H11NO. The van der Waals surface area contributed by atoms with Crippen molar-refractivity contribution >= 4 is 0 Å². The Hall–Kier alpha value is -0.0800. The van der Waals surface area contributed by atoms with Crippen LogP contribution in [0.15, 0.2) is 0 Å². The number of piperidine rings is 1. The Balaban J connectivity index is 2.16. The molecule has 1 aliphatic heterocycles. The molecule has 2 nitrogen and oxygen atoms in total. The fourth-order valence-electron chi connectivity index (χ4n) is 1.81. The van der Waals surface area contributed by atoms with Crippen molar-refractivity contribution in [3.05, 3.63) is 0 Å². The number of rotatable bonds is 0. The van der Waals surface area contributed by atoms with Crippen LogP contribution in [0.1, 0.15) is 12.8 Å². The van der Waals surface area contributed by atoms with E-state index in [-0.39, 0.29) is 6.10 Å². The van der Waals surface area contributed by atoms with Gasteiger partial charge in [0.2, 0.25) is 0 Å². The van der Waals surface area contributed by atoms with Gasteiger partial charge in [-0.1, -0.05) is 0 Å². The summed E-state index contributed by atoms with van der Waals surface area (Å²) in [4.78, 5) is 0. The number of hydrogen-bond donors (Lipinski definition) is 2. The lowest BCUT2D eigenvalue weighted by Crippen LogP contribution is -2.27. The second-order valence-corrected chi connectivity index (χ2v) is 2.84. The first-order valence-corrected chi connectivity index (χ1v) is 3.29. The van der Waals surface area contributed by atoms with Gasteiger partial charge in [-0.15, -0.1) is 0 Å². The van der Waals surface area contributed by atoms with Crippen molar-refractivity contribution in [3.8, 4) is 0 Å². The summed E-state index contributed by atoms with van der Waals surface area (Å²) in [6.45, 7) is 1.05. The summed E-state index contributed by atoms with van der Waals surface area (Å²) < 4.78 is 0. The lowest BCUT2D eigenvalue weighted by Gasteiger charge is -2.07. The maximum Gasteiger partial charge on any atom is 0.0733 e. The minimum Gasteiger partial charge on any atom is -0.391 e. The van der Waals surface area contributed by atoms with Crippen molar-refractivity contribution in [3.63, 3.8) is 0 Å². The van der Waals surface area contributed by atoms with Gasteiger partial charge in [-0.25, -0.2) is 0 Å². The normalized spacial score (nSPS) is 52.9. The second kappa shape index (κ2) is 1.45. The number of fused-ring (bicyclic) bond motifs is 2. The van der Waals surface area contributed by atoms with Gasteiger partial charge in [0, 0.05) is 12.6 Å². The minimum atomic E-state index is -0.0185. The van der Waals surface area contributed by atoms with E-state index in [1.54, 1.807) is 0 Å². The Labute approximate surface area is 48.9 Å². The van der Waals surface area contributed by atoms with E-state index in [1.165, 1.54) is 12.8 Å². The largest absolute Gasteiger partial charge is 0.391 e. The summed E-state index contributed by atoms with van der Waals surface area (Å²) in [6, 6.07) is 0.444. The van der Waals surface area contributed by atoms with Crippen LogP contribution in [0.2, 0.25) is 0 Å². The summed E-state index contributed by atoms with van der Waals surface area (Å²) in [5, 5.41) is 12.5. The first-order valence-electron chi connectivity index (χ1n) is 3.29. The monoisotopic (exact) mass is 113 g/mol. The van der Waals surface area contributed by atoms with Gasteiger partial charge in [-0.05, 0) is 18.8 Å². The molecule has 0 spiro atoms. The van der Waals surface area contributed by atoms with Gasteiger partial charge in [0.1, 0.15) is 0 Å². The van der Waals surface area contributed by atoms with Crippen LogP contribution < -0.4 is 5.32 Å². The lowest BCUT2D eigenvalue weighted by atomic mass is 10.1. The molecule has 2 rings (SSSR count). The average Bonchev–Trinajstić information content (AvgIpc) is 2.29. The molecule has 8 heavy (non-hydrogen) atoms. The van der Waals surface area contributed by atoms with Crippen LogP contribution in [-0.2, 0) is 0 Å². The molecule has 0 aromatic carbocycles. The van der Waals surface area contributed by atoms with E-state index >= 15 is 0 Å². The van der Waals surface area contributed by atoms with Crippen LogP contribution in [0.4, 0.5) is 0 Å². The fraction of sp³-hybridized carbons (Fsp3) is 1.00. The third kappa shape index (κ3) is 0.446. The first kappa shape index (κ1) is 4.77. The summed E-state index contributed by atoms with van der Waals surface area (Å²) >= 11 is 0. The molecule has 2 fully saturated rings. The van der Waals surface area contributed by atoms with Crippen molar-refractivity contribution < 1.29 is 5.11 Å². The summed E-state index contributed by atoms with van der Waals surface area (Å²) in [7, 11) is 0. The van der Waals surface area contributed by atoms with Crippen molar-refractivity contribution in [2.45, 2.75) is 25.0 Å². The van der Waals surface area contributed by atoms with Crippen molar-refractivity contribution in [1.29, 1.82) is 0 Å². The summed E-state index contributed by atoms with van der Waals surface area (Å²) in [6.07, 6.45) is 2.40. The minimum absolute atomic E-state index is 0.0185. The Morgan fingerprint density at radius 1 is 1.38 bits per heavy atom. The van der Waals surface area contributed by atoms with Crippen molar-refractivity contribution in [2.75, 3.05) is 6.54 Å². The average molecular weight is 113 g/mol. The van der Waals surface area contributed by atoms with Crippen molar-refractivity contribution in [2.24, 2.45) is 5.92 Å². The SMILES string of the molecule is OC1C2CCC1NC2. The maximum atomic E-state index is 9.27. The highest BCUT2D eigenvalue weighted by Crippen LogP contribution is 2.30. The summed E-state index contributed by atoms with van der Waals surface area (Å²) in [5.74, 6) is 0.583. The molecule has 1 aliphatic carbocycles. The molecule has 0 amide bonds. The van der Waals surface area contributed by atoms with E-state index in [0.29, 0.717) is 12.0 Å². The predicted molar refractivity (Wildman–Crippen MR) is 30.5 cm³/mol. The summed E-state index contributed by atoms with van der Waals surface area (Å²) in [5.41, 5.74) is 0. The van der Waals surface area contributed by atoms with Gasteiger partial charge in [0.15, 0.2) is 0 Å². The third-order valence-corrected chi connectivity index (χ3v) is 2.39. The molecule has 1 saturated carbocycles. The number of hydrogen-bond acceptors (Lipinski definition) is 2. The molecule has 0 aromatic rings. The van der Waals surface area contributed by atoms with E-state index in [1.807, 2.05) is 0 Å². The van der Waals surface area contributed by atoms with Crippen LogP contribution in [0.25, 0.3) is 0 Å². The van der Waals surface area contributed by atoms with Gasteiger partial charge in [-0.3, -0.25) is 0 Å². The molecule has 3 unspecified atom stereocenters. The number of nitrogens with one attached hydrogen (secondary N) is 1. The smallest absolute Gasteiger partial charge is 0.0733 e. The molecule has 0 aromatic heterocycles. The Bertz CT molecular complexity index is 84.7. The molecule has 1 heterocycles. The molecule has 2 aliphatic rings. The van der Waals surface area contributed by atoms with Gasteiger partial charge in [-0.2, -0.15) is 0 Å². The number of aliphatic hydroxyl groups is 1. The first-order chi connectivity index (χ1) is 3.88. The molecule has 2 heteroatoms. The topological polar surface area (TPSA) is 32.3 Å². The highest BCUT2D eigenvalue weighted by Gasteiger charge is 2.39. The Morgan fingerprint density at radius 3 is 2.38 bits per heavy atom. The van der Waals surface area contributed by atoms with Crippen molar-refractivity contribution in [1.82, 2.24) is 5.32 Å². The van der Waals surface area contributed by atoms with E-state index < -0.39 is 0 Å². The highest BCUT2D eigenvalue weighted by atomic mass is 16.3. The van der Waals surface area contributed by atoms with Crippen LogP contribution in [0, 0.1) is 5.92 Å². The number of aliphatic hydroxyl groups excluding tert-OH is 1. The predicted octanol–water partition coefficient (Wildman–Crippen LogP) is -0.271. The Kier molecular flexibility index (Phi) is 0.866. The van der Waals surface area contributed by atoms with Crippen LogP contribution in [0.5, 0.6) is 0 Å². The standard InChI is InChI=1S/C6H11NO/c8-6-4-1-2-5(6)7-3-4/h4-8H,1-3H2. The maximum absolute atomic E-state index is 9.27. The quantitative estimate of drug-likeness (QED) is 0.453. The van der Waals surface area contributed by atoms with Crippen LogP contribution in [0.3, 0.4) is 0 Å². The van der Waals surface area contributed by atoms with Gasteiger partial charge < -0.3 is 10.4 Å². The third-order valence-electron chi connectivity index (χ3n) is 2.39. The molecule has 2 N–H and O–H groups in total.